The zero-order valence-corrected chi connectivity index (χ0v) is 7.60. The molecule has 3 heteroatoms. The van der Waals surface area contributed by atoms with Crippen molar-refractivity contribution in [1.82, 2.24) is 0 Å². The van der Waals surface area contributed by atoms with E-state index in [4.69, 9.17) is 4.74 Å². The first-order chi connectivity index (χ1) is 6.11. The van der Waals surface area contributed by atoms with E-state index in [0.717, 1.165) is 11.1 Å². The lowest BCUT2D eigenvalue weighted by Gasteiger charge is -2.10. The molecule has 1 aromatic carbocycles. The van der Waals surface area contributed by atoms with Gasteiger partial charge in [0.1, 0.15) is 12.4 Å². The van der Waals surface area contributed by atoms with Gasteiger partial charge in [0.15, 0.2) is 0 Å². The zero-order chi connectivity index (χ0) is 9.84. The topological polar surface area (TPSA) is 9.23 Å². The van der Waals surface area contributed by atoms with E-state index in [-0.39, 0.29) is 0 Å². The molecule has 13 heavy (non-hydrogen) atoms. The fourth-order valence-corrected chi connectivity index (χ4v) is 1.11. The summed E-state index contributed by atoms with van der Waals surface area (Å²) in [6, 6.07) is 6.32. The SMILES string of the molecule is Cc1c[c]cc(C)c1OCC(F)F. The summed E-state index contributed by atoms with van der Waals surface area (Å²) in [4.78, 5) is 0. The van der Waals surface area contributed by atoms with Gasteiger partial charge in [-0.2, -0.15) is 0 Å². The van der Waals surface area contributed by atoms with Crippen LogP contribution in [-0.4, -0.2) is 13.0 Å². The Bertz CT molecular complexity index is 264. The van der Waals surface area contributed by atoms with Crippen molar-refractivity contribution in [3.63, 3.8) is 0 Å². The molecule has 0 fully saturated rings. The second kappa shape index (κ2) is 4.21. The minimum Gasteiger partial charge on any atom is -0.487 e. The molecular formula is C10H11F2O. The van der Waals surface area contributed by atoms with Crippen molar-refractivity contribution in [2.45, 2.75) is 20.3 Å². The van der Waals surface area contributed by atoms with Gasteiger partial charge >= 0.3 is 0 Å². The zero-order valence-electron chi connectivity index (χ0n) is 7.60. The number of ether oxygens (including phenoxy) is 1. The predicted molar refractivity (Wildman–Crippen MR) is 46.3 cm³/mol. The van der Waals surface area contributed by atoms with Crippen molar-refractivity contribution in [1.29, 1.82) is 0 Å². The lowest BCUT2D eigenvalue weighted by Crippen LogP contribution is -2.08. The monoisotopic (exact) mass is 185 g/mol. The molecule has 0 amide bonds. The van der Waals surface area contributed by atoms with Gasteiger partial charge in [-0.05, 0) is 43.2 Å². The summed E-state index contributed by atoms with van der Waals surface area (Å²) in [5, 5.41) is 0. The number of aryl methyl sites for hydroxylation is 2. The summed E-state index contributed by atoms with van der Waals surface area (Å²) in [5.74, 6) is 0.541. The third kappa shape index (κ3) is 2.68. The highest BCUT2D eigenvalue weighted by Crippen LogP contribution is 2.22. The predicted octanol–water partition coefficient (Wildman–Crippen LogP) is 2.75. The Morgan fingerprint density at radius 2 is 1.85 bits per heavy atom. The molecule has 0 aliphatic heterocycles. The smallest absolute Gasteiger partial charge is 0.272 e. The van der Waals surface area contributed by atoms with Crippen LogP contribution < -0.4 is 4.74 Å². The summed E-state index contributed by atoms with van der Waals surface area (Å²) < 4.78 is 28.7. The first-order valence-corrected chi connectivity index (χ1v) is 3.99. The molecule has 71 valence electrons. The minimum atomic E-state index is -2.43. The molecule has 0 unspecified atom stereocenters. The van der Waals surface area contributed by atoms with Gasteiger partial charge in [-0.3, -0.25) is 0 Å². The van der Waals surface area contributed by atoms with Crippen molar-refractivity contribution < 1.29 is 13.5 Å². The van der Waals surface area contributed by atoms with Crippen molar-refractivity contribution in [3.05, 3.63) is 29.3 Å². The second-order valence-corrected chi connectivity index (χ2v) is 2.85. The third-order valence-corrected chi connectivity index (χ3v) is 1.67. The molecule has 1 radical (unpaired) electrons. The summed E-state index contributed by atoms with van der Waals surface area (Å²) in [7, 11) is 0. The normalized spacial score (nSPS) is 10.5. The molecule has 0 atom stereocenters. The van der Waals surface area contributed by atoms with Gasteiger partial charge in [0, 0.05) is 0 Å². The van der Waals surface area contributed by atoms with Gasteiger partial charge in [0.05, 0.1) is 0 Å². The largest absolute Gasteiger partial charge is 0.487 e. The Kier molecular flexibility index (Phi) is 3.23. The van der Waals surface area contributed by atoms with Crippen LogP contribution in [0.5, 0.6) is 5.75 Å². The van der Waals surface area contributed by atoms with Crippen LogP contribution in [0.25, 0.3) is 0 Å². The van der Waals surface area contributed by atoms with E-state index < -0.39 is 13.0 Å². The Balaban J connectivity index is 2.75. The van der Waals surface area contributed by atoms with Crippen LogP contribution in [-0.2, 0) is 0 Å². The maximum absolute atomic E-state index is 11.9. The number of halogens is 2. The standard InChI is InChI=1S/C10H11F2O/c1-7-4-3-5-8(2)10(7)13-6-9(11)12/h4-5,9H,6H2,1-2H3. The van der Waals surface area contributed by atoms with Crippen molar-refractivity contribution in [3.8, 4) is 5.75 Å². The van der Waals surface area contributed by atoms with Crippen molar-refractivity contribution in [2.24, 2.45) is 0 Å². The Labute approximate surface area is 76.3 Å². The Morgan fingerprint density at radius 3 is 2.31 bits per heavy atom. The first kappa shape index (κ1) is 9.96. The van der Waals surface area contributed by atoms with Gasteiger partial charge in [-0.15, -0.1) is 0 Å². The lowest BCUT2D eigenvalue weighted by molar-refractivity contribution is 0.0812. The molecular weight excluding hydrogens is 174 g/mol. The molecule has 0 bridgehead atoms. The van der Waals surface area contributed by atoms with E-state index in [0.29, 0.717) is 5.75 Å². The molecule has 0 spiro atoms. The van der Waals surface area contributed by atoms with E-state index in [1.807, 2.05) is 13.8 Å². The number of hydrogen-bond acceptors (Lipinski definition) is 1. The van der Waals surface area contributed by atoms with E-state index in [9.17, 15) is 8.78 Å². The molecule has 1 rings (SSSR count). The summed E-state index contributed by atoms with van der Waals surface area (Å²) in [6.07, 6.45) is -2.43. The molecule has 0 aliphatic carbocycles. The van der Waals surface area contributed by atoms with Crippen LogP contribution >= 0.6 is 0 Å². The van der Waals surface area contributed by atoms with E-state index >= 15 is 0 Å². The van der Waals surface area contributed by atoms with E-state index in [2.05, 4.69) is 6.07 Å². The van der Waals surface area contributed by atoms with E-state index in [1.165, 1.54) is 0 Å². The van der Waals surface area contributed by atoms with Gasteiger partial charge < -0.3 is 4.74 Å². The van der Waals surface area contributed by atoms with Gasteiger partial charge in [0.2, 0.25) is 0 Å². The highest BCUT2D eigenvalue weighted by atomic mass is 19.3. The molecule has 0 N–H and O–H groups in total. The number of hydrogen-bond donors (Lipinski definition) is 0. The Morgan fingerprint density at radius 1 is 1.31 bits per heavy atom. The van der Waals surface area contributed by atoms with Crippen molar-refractivity contribution >= 4 is 0 Å². The summed E-state index contributed by atoms with van der Waals surface area (Å²) in [6.45, 7) is 3.07. The van der Waals surface area contributed by atoms with Crippen LogP contribution in [0.4, 0.5) is 8.78 Å². The van der Waals surface area contributed by atoms with Gasteiger partial charge in [-0.1, -0.05) is 0 Å². The number of rotatable bonds is 3. The second-order valence-electron chi connectivity index (χ2n) is 2.85. The van der Waals surface area contributed by atoms with Crippen LogP contribution in [0, 0.1) is 19.9 Å². The van der Waals surface area contributed by atoms with E-state index in [1.54, 1.807) is 12.1 Å². The minimum absolute atomic E-state index is 0.541. The average molecular weight is 185 g/mol. The van der Waals surface area contributed by atoms with Crippen LogP contribution in [0.1, 0.15) is 11.1 Å². The van der Waals surface area contributed by atoms with Crippen molar-refractivity contribution in [2.75, 3.05) is 6.61 Å². The molecule has 0 saturated carbocycles. The molecule has 1 nitrogen and oxygen atoms in total. The number of alkyl halides is 2. The summed E-state index contributed by atoms with van der Waals surface area (Å²) >= 11 is 0. The fraction of sp³-hybridized carbons (Fsp3) is 0.400. The molecule has 0 saturated heterocycles. The quantitative estimate of drug-likeness (QED) is 0.703. The highest BCUT2D eigenvalue weighted by Gasteiger charge is 2.07. The maximum Gasteiger partial charge on any atom is 0.272 e. The lowest BCUT2D eigenvalue weighted by atomic mass is 10.1. The molecule has 0 aromatic heterocycles. The third-order valence-electron chi connectivity index (χ3n) is 1.67. The Hall–Kier alpha value is -1.12. The van der Waals surface area contributed by atoms with Gasteiger partial charge in [-0.25, -0.2) is 8.78 Å². The fourth-order valence-electron chi connectivity index (χ4n) is 1.11. The van der Waals surface area contributed by atoms with Crippen LogP contribution in [0.2, 0.25) is 0 Å². The first-order valence-electron chi connectivity index (χ1n) is 3.99. The highest BCUT2D eigenvalue weighted by molar-refractivity contribution is 5.39. The molecule has 1 aromatic rings. The maximum atomic E-state index is 11.9. The van der Waals surface area contributed by atoms with Gasteiger partial charge in [0.25, 0.3) is 6.43 Å². The average Bonchev–Trinajstić information content (AvgIpc) is 2.03. The van der Waals surface area contributed by atoms with Crippen LogP contribution in [0.15, 0.2) is 12.1 Å². The van der Waals surface area contributed by atoms with Crippen LogP contribution in [0.3, 0.4) is 0 Å². The molecule has 0 aliphatic rings. The number of benzene rings is 1. The molecule has 0 heterocycles. The summed E-state index contributed by atoms with van der Waals surface area (Å²) in [5.41, 5.74) is 1.67.